The van der Waals surface area contributed by atoms with E-state index in [4.69, 9.17) is 14.2 Å². The number of carbonyl (C=O) groups is 4. The van der Waals surface area contributed by atoms with Crippen LogP contribution in [0, 0.1) is 11.8 Å². The maximum absolute atomic E-state index is 13.6. The van der Waals surface area contributed by atoms with Crippen LogP contribution >= 0.6 is 0 Å². The van der Waals surface area contributed by atoms with Gasteiger partial charge in [-0.3, -0.25) is 19.7 Å². The number of methoxy groups -OCH3 is 1. The number of alkyl carbamates (subject to hydrolysis) is 1. The Morgan fingerprint density at radius 3 is 2.08 bits per heavy atom. The van der Waals surface area contributed by atoms with Crippen molar-refractivity contribution in [1.82, 2.24) is 21.3 Å². The van der Waals surface area contributed by atoms with Gasteiger partial charge in [-0.05, 0) is 54.4 Å². The van der Waals surface area contributed by atoms with E-state index in [-0.39, 0.29) is 37.8 Å². The van der Waals surface area contributed by atoms with Crippen molar-refractivity contribution in [2.45, 2.75) is 97.4 Å². The predicted molar refractivity (Wildman–Crippen MR) is 186 cm³/mol. The van der Waals surface area contributed by atoms with Gasteiger partial charge in [-0.2, -0.15) is 0 Å². The molecule has 0 unspecified atom stereocenters. The summed E-state index contributed by atoms with van der Waals surface area (Å²) in [6.07, 6.45) is 4.76. The van der Waals surface area contributed by atoms with Crippen LogP contribution in [0.4, 0.5) is 4.79 Å². The van der Waals surface area contributed by atoms with Crippen molar-refractivity contribution in [2.24, 2.45) is 11.8 Å². The molecule has 0 fully saturated rings. The Morgan fingerprint density at radius 2 is 1.46 bits per heavy atom. The summed E-state index contributed by atoms with van der Waals surface area (Å²) in [5, 5.41) is 11.3. The number of hydrogen-bond donors (Lipinski definition) is 4. The largest absolute Gasteiger partial charge is 0.494 e. The highest BCUT2D eigenvalue weighted by molar-refractivity contribution is 5.90. The maximum atomic E-state index is 13.6. The summed E-state index contributed by atoms with van der Waals surface area (Å²) >= 11 is 0. The fourth-order valence-corrected chi connectivity index (χ4v) is 5.10. The summed E-state index contributed by atoms with van der Waals surface area (Å²) < 4.78 is 16.1. The lowest BCUT2D eigenvalue weighted by Gasteiger charge is -2.27. The fourth-order valence-electron chi connectivity index (χ4n) is 5.10. The molecule has 2 rings (SSSR count). The van der Waals surface area contributed by atoms with Gasteiger partial charge in [0.2, 0.25) is 11.8 Å². The first-order valence-electron chi connectivity index (χ1n) is 17.0. The molecule has 11 heteroatoms. The Bertz CT molecular complexity index is 1240. The number of carbonyl (C=O) groups excluding carboxylic acids is 4. The zero-order valence-corrected chi connectivity index (χ0v) is 29.5. The highest BCUT2D eigenvalue weighted by atomic mass is 16.5. The van der Waals surface area contributed by atoms with E-state index in [2.05, 4.69) is 35.1 Å². The molecule has 0 aliphatic rings. The summed E-state index contributed by atoms with van der Waals surface area (Å²) in [7, 11) is 2.79. The summed E-state index contributed by atoms with van der Waals surface area (Å²) in [6, 6.07) is 14.3. The summed E-state index contributed by atoms with van der Waals surface area (Å²) in [4.78, 5) is 51.4. The van der Waals surface area contributed by atoms with Gasteiger partial charge < -0.3 is 30.2 Å². The number of esters is 1. The lowest BCUT2D eigenvalue weighted by atomic mass is 10.00. The zero-order chi connectivity index (χ0) is 35.3. The quantitative estimate of drug-likeness (QED) is 0.102. The molecule has 0 bridgehead atoms. The van der Waals surface area contributed by atoms with Gasteiger partial charge in [0.05, 0.1) is 19.8 Å². The van der Waals surface area contributed by atoms with Crippen LogP contribution in [-0.2, 0) is 36.9 Å². The van der Waals surface area contributed by atoms with Gasteiger partial charge in [0.1, 0.15) is 24.4 Å². The minimum Gasteiger partial charge on any atom is -0.494 e. The number of amides is 3. The fraction of sp³-hybridized carbons (Fsp3) is 0.568. The molecule has 0 aliphatic heterocycles. The first kappa shape index (κ1) is 40.1. The first-order valence-corrected chi connectivity index (χ1v) is 17.0. The van der Waals surface area contributed by atoms with Crippen LogP contribution in [0.5, 0.6) is 5.75 Å². The van der Waals surface area contributed by atoms with Gasteiger partial charge in [-0.15, -0.1) is 0 Å². The van der Waals surface area contributed by atoms with E-state index in [1.54, 1.807) is 0 Å². The number of ether oxygens (including phenoxy) is 3. The van der Waals surface area contributed by atoms with Crippen molar-refractivity contribution >= 4 is 23.9 Å². The Morgan fingerprint density at radius 1 is 0.750 bits per heavy atom. The van der Waals surface area contributed by atoms with Gasteiger partial charge in [-0.25, -0.2) is 4.79 Å². The average Bonchev–Trinajstić information content (AvgIpc) is 3.07. The van der Waals surface area contributed by atoms with Crippen LogP contribution in [0.15, 0.2) is 54.6 Å². The van der Waals surface area contributed by atoms with Crippen molar-refractivity contribution < 1.29 is 33.4 Å². The third-order valence-electron chi connectivity index (χ3n) is 7.76. The van der Waals surface area contributed by atoms with Crippen molar-refractivity contribution in [3.63, 3.8) is 0 Å². The van der Waals surface area contributed by atoms with E-state index in [1.165, 1.54) is 27.0 Å². The van der Waals surface area contributed by atoms with Crippen molar-refractivity contribution in [3.8, 4) is 5.75 Å². The number of benzene rings is 2. The second-order valence-corrected chi connectivity index (χ2v) is 12.8. The molecule has 11 nitrogen and oxygen atoms in total. The molecule has 3 atom stereocenters. The van der Waals surface area contributed by atoms with Crippen molar-refractivity contribution in [3.05, 3.63) is 65.7 Å². The number of nitrogens with one attached hydrogen (secondary N) is 4. The Hall–Kier alpha value is -4.12. The lowest BCUT2D eigenvalue weighted by molar-refractivity contribution is -0.144. The number of likely N-dealkylation sites (N-methyl/N-ethyl adjacent to an activating group) is 1. The molecular weight excluding hydrogens is 612 g/mol. The molecule has 0 radical (unpaired) electrons. The number of rotatable bonds is 22. The van der Waals surface area contributed by atoms with Crippen LogP contribution in [0.25, 0.3) is 0 Å². The molecule has 0 saturated carbocycles. The van der Waals surface area contributed by atoms with Gasteiger partial charge in [0.15, 0.2) is 0 Å². The van der Waals surface area contributed by atoms with Gasteiger partial charge >= 0.3 is 12.1 Å². The number of hydrogen-bond acceptors (Lipinski definition) is 8. The van der Waals surface area contributed by atoms with Crippen LogP contribution in [0.3, 0.4) is 0 Å². The molecule has 0 saturated heterocycles. The molecule has 48 heavy (non-hydrogen) atoms. The average molecular weight is 669 g/mol. The van der Waals surface area contributed by atoms with E-state index < -0.39 is 36.1 Å². The van der Waals surface area contributed by atoms with Crippen LogP contribution in [-0.4, -0.2) is 69.3 Å². The van der Waals surface area contributed by atoms with Gasteiger partial charge in [-0.1, -0.05) is 89.4 Å². The maximum Gasteiger partial charge on any atom is 0.407 e. The molecular formula is C37H56N4O7. The summed E-state index contributed by atoms with van der Waals surface area (Å²) in [6.45, 7) is 9.27. The minimum absolute atomic E-state index is 0.0961. The van der Waals surface area contributed by atoms with E-state index in [9.17, 15) is 19.2 Å². The van der Waals surface area contributed by atoms with Gasteiger partial charge in [0, 0.05) is 20.0 Å². The lowest BCUT2D eigenvalue weighted by Crippen LogP contribution is -2.56. The van der Waals surface area contributed by atoms with E-state index in [1.807, 2.05) is 68.4 Å². The normalized spacial score (nSPS) is 12.9. The molecule has 3 amide bonds. The molecule has 0 spiro atoms. The topological polar surface area (TPSA) is 144 Å². The molecule has 2 aromatic carbocycles. The highest BCUT2D eigenvalue weighted by Gasteiger charge is 2.30. The van der Waals surface area contributed by atoms with Crippen LogP contribution in [0.2, 0.25) is 0 Å². The zero-order valence-electron chi connectivity index (χ0n) is 29.5. The SMILES string of the molecule is CNC(=O)[C@H](Cc1ccc(OCCCCCC(C)C)cc1)NC(=O)[C@H](CC(C)C)N[C@H](CCNC(=O)OCc1ccccc1)C(=O)OC. The Balaban J connectivity index is 1.98. The molecule has 2 aromatic rings. The monoisotopic (exact) mass is 668 g/mol. The second kappa shape index (κ2) is 22.4. The van der Waals surface area contributed by atoms with Crippen LogP contribution in [0.1, 0.15) is 77.3 Å². The molecule has 4 N–H and O–H groups in total. The second-order valence-electron chi connectivity index (χ2n) is 12.8. The Kier molecular flexibility index (Phi) is 18.7. The third-order valence-corrected chi connectivity index (χ3v) is 7.76. The smallest absolute Gasteiger partial charge is 0.407 e. The molecule has 0 heterocycles. The number of unbranched alkanes of at least 4 members (excludes halogenated alkanes) is 2. The first-order chi connectivity index (χ1) is 23.0. The van der Waals surface area contributed by atoms with E-state index in [0.717, 1.165) is 29.7 Å². The highest BCUT2D eigenvalue weighted by Crippen LogP contribution is 2.16. The minimum atomic E-state index is -0.889. The van der Waals surface area contributed by atoms with E-state index >= 15 is 0 Å². The molecule has 0 aliphatic carbocycles. The van der Waals surface area contributed by atoms with Crippen molar-refractivity contribution in [1.29, 1.82) is 0 Å². The standard InChI is InChI=1S/C37H56N4O7/c1-26(2)13-9-8-12-22-47-30-18-16-28(17-19-30)24-33(34(42)38-5)41-35(43)32(23-27(3)4)40-31(36(44)46-6)20-21-39-37(45)48-25-29-14-10-7-11-15-29/h7,10-11,14-19,26-27,31-33,40H,8-9,12-13,20-25H2,1-6H3,(H,38,42)(H,39,45)(H,41,43)/t31-,32+,33+/m1/s1. The molecule has 0 aromatic heterocycles. The van der Waals surface area contributed by atoms with Gasteiger partial charge in [0.25, 0.3) is 0 Å². The summed E-state index contributed by atoms with van der Waals surface area (Å²) in [5.74, 6) is 0.246. The third kappa shape index (κ3) is 16.1. The van der Waals surface area contributed by atoms with Crippen LogP contribution < -0.4 is 26.0 Å². The Labute approximate surface area is 286 Å². The predicted octanol–water partition coefficient (Wildman–Crippen LogP) is 4.92. The summed E-state index contributed by atoms with van der Waals surface area (Å²) in [5.41, 5.74) is 1.71. The van der Waals surface area contributed by atoms with Crippen molar-refractivity contribution in [2.75, 3.05) is 27.3 Å². The van der Waals surface area contributed by atoms with E-state index in [0.29, 0.717) is 18.9 Å². The molecule has 266 valence electrons.